The number of nitrogen functional groups attached to an aromatic ring is 1. The van der Waals surface area contributed by atoms with Crippen molar-refractivity contribution in [3.8, 4) is 17.2 Å². The number of fused-ring (bicyclic) bond motifs is 1. The quantitative estimate of drug-likeness (QED) is 0.804. The van der Waals surface area contributed by atoms with E-state index in [4.69, 9.17) is 5.73 Å². The first kappa shape index (κ1) is 12.6. The molecule has 3 N–H and O–H groups in total. The van der Waals surface area contributed by atoms with E-state index in [1.165, 1.54) is 12.0 Å². The second-order valence-electron chi connectivity index (χ2n) is 5.13. The lowest BCUT2D eigenvalue weighted by atomic mass is 9.92. The van der Waals surface area contributed by atoms with Crippen LogP contribution in [0.5, 0.6) is 0 Å². The van der Waals surface area contributed by atoms with Crippen LogP contribution in [0.2, 0.25) is 0 Å². The number of nitrogens with zero attached hydrogens (tertiary/aromatic N) is 2. The Kier molecular flexibility index (Phi) is 3.34. The minimum atomic E-state index is 0.357. The van der Waals surface area contributed by atoms with Gasteiger partial charge in [-0.15, -0.1) is 0 Å². The van der Waals surface area contributed by atoms with Crippen LogP contribution in [0.15, 0.2) is 24.5 Å². The Morgan fingerprint density at radius 2 is 1.90 bits per heavy atom. The summed E-state index contributed by atoms with van der Waals surface area (Å²) in [7, 11) is 0. The molecule has 4 nitrogen and oxygen atoms in total. The monoisotopic (exact) mass is 265 g/mol. The van der Waals surface area contributed by atoms with Gasteiger partial charge in [-0.2, -0.15) is 5.26 Å². The highest BCUT2D eigenvalue weighted by Crippen LogP contribution is 2.34. The van der Waals surface area contributed by atoms with Gasteiger partial charge in [-0.1, -0.05) is 6.42 Å². The summed E-state index contributed by atoms with van der Waals surface area (Å²) < 4.78 is 0. The highest BCUT2D eigenvalue weighted by atomic mass is 14.9. The second-order valence-corrected chi connectivity index (χ2v) is 5.13. The summed E-state index contributed by atoms with van der Waals surface area (Å²) in [4.78, 5) is 7.50. The van der Waals surface area contributed by atoms with Crippen LogP contribution in [0, 0.1) is 11.3 Å². The van der Waals surface area contributed by atoms with Crippen LogP contribution in [-0.2, 0) is 12.8 Å². The zero-order valence-corrected chi connectivity index (χ0v) is 11.3. The van der Waals surface area contributed by atoms with Gasteiger partial charge in [-0.25, -0.2) is 9.97 Å². The Balaban J connectivity index is 2.30. The van der Waals surface area contributed by atoms with Crippen LogP contribution in [-0.4, -0.2) is 4.98 Å². The van der Waals surface area contributed by atoms with Gasteiger partial charge in [0.2, 0.25) is 0 Å². The Labute approximate surface area is 118 Å². The number of anilines is 1. The number of H-pyrrole nitrogens is 1. The molecule has 0 aromatic carbocycles. The molecule has 0 saturated carbocycles. The molecule has 2 aromatic heterocycles. The molecule has 0 radical (unpaired) electrons. The van der Waals surface area contributed by atoms with Gasteiger partial charge in [0.25, 0.3) is 0 Å². The third-order valence-electron chi connectivity index (χ3n) is 3.87. The summed E-state index contributed by atoms with van der Waals surface area (Å²) >= 11 is 0. The normalized spacial score (nSPS) is 14.2. The number of hydrogen-bond acceptors (Lipinski definition) is 3. The van der Waals surface area contributed by atoms with Crippen LogP contribution in [0.1, 0.15) is 36.1 Å². The van der Waals surface area contributed by atoms with Crippen molar-refractivity contribution in [1.29, 1.82) is 5.26 Å². The Bertz CT molecular complexity index is 671. The molecule has 2 aromatic rings. The molecule has 0 atom stereocenters. The van der Waals surface area contributed by atoms with Crippen LogP contribution in [0.25, 0.3) is 11.1 Å². The minimum Gasteiger partial charge on any atom is -0.383 e. The number of rotatable bonds is 1. The first-order valence-corrected chi connectivity index (χ1v) is 6.99. The topological polar surface area (TPSA) is 76.8 Å². The largest absolute Gasteiger partial charge is 0.383 e. The van der Waals surface area contributed by atoms with Crippen molar-refractivity contribution >= 4 is 5.82 Å². The van der Waals surface area contributed by atoms with E-state index in [0.717, 1.165) is 42.5 Å². The van der Waals surface area contributed by atoms with Gasteiger partial charge in [0, 0.05) is 23.4 Å². The van der Waals surface area contributed by atoms with Crippen LogP contribution >= 0.6 is 0 Å². The Morgan fingerprint density at radius 1 is 1.15 bits per heavy atom. The molecule has 2 heterocycles. The molecule has 0 amide bonds. The number of aromatic amines is 1. The zero-order chi connectivity index (χ0) is 13.9. The summed E-state index contributed by atoms with van der Waals surface area (Å²) in [6.07, 6.45) is 9.18. The number of aryl methyl sites for hydroxylation is 1. The molecule has 20 heavy (non-hydrogen) atoms. The fourth-order valence-corrected chi connectivity index (χ4v) is 2.92. The number of nitrogens with two attached hydrogens (primary N) is 1. The fraction of sp³-hybridized carbons (Fsp3) is 0.312. The van der Waals surface area contributed by atoms with E-state index in [2.05, 4.69) is 16.0 Å². The van der Waals surface area contributed by atoms with Crippen LogP contribution < -0.4 is 10.7 Å². The average Bonchev–Trinajstić information content (AvgIpc) is 2.71. The SMILES string of the molecule is N#Cc1c(N)nc2c(c1-c1cc[nH+]cc1)CCCCC2. The van der Waals surface area contributed by atoms with Gasteiger partial charge >= 0.3 is 0 Å². The number of hydrogen-bond donors (Lipinski definition) is 1. The maximum Gasteiger partial charge on any atom is 0.167 e. The number of nitriles is 1. The van der Waals surface area contributed by atoms with Crippen LogP contribution in [0.4, 0.5) is 5.82 Å². The van der Waals surface area contributed by atoms with E-state index in [9.17, 15) is 5.26 Å². The van der Waals surface area contributed by atoms with E-state index < -0.39 is 0 Å². The van der Waals surface area contributed by atoms with E-state index >= 15 is 0 Å². The molecule has 0 fully saturated rings. The zero-order valence-electron chi connectivity index (χ0n) is 11.3. The third kappa shape index (κ3) is 2.12. The van der Waals surface area contributed by atoms with Crippen molar-refractivity contribution in [2.24, 2.45) is 0 Å². The molecule has 4 heteroatoms. The molecule has 1 aliphatic carbocycles. The van der Waals surface area contributed by atoms with Gasteiger partial charge in [-0.05, 0) is 36.8 Å². The third-order valence-corrected chi connectivity index (χ3v) is 3.87. The van der Waals surface area contributed by atoms with Gasteiger partial charge in [0.05, 0.1) is 0 Å². The first-order valence-electron chi connectivity index (χ1n) is 6.99. The lowest BCUT2D eigenvalue weighted by molar-refractivity contribution is -0.377. The molecule has 100 valence electrons. The van der Waals surface area contributed by atoms with Gasteiger partial charge in [0.1, 0.15) is 17.5 Å². The van der Waals surface area contributed by atoms with Crippen molar-refractivity contribution in [3.63, 3.8) is 0 Å². The maximum atomic E-state index is 9.45. The molecular weight excluding hydrogens is 248 g/mol. The van der Waals surface area contributed by atoms with Crippen LogP contribution in [0.3, 0.4) is 0 Å². The van der Waals surface area contributed by atoms with E-state index in [-0.39, 0.29) is 0 Å². The van der Waals surface area contributed by atoms with E-state index in [1.807, 2.05) is 24.5 Å². The van der Waals surface area contributed by atoms with Crippen molar-refractivity contribution in [2.75, 3.05) is 5.73 Å². The maximum absolute atomic E-state index is 9.45. The van der Waals surface area contributed by atoms with Crippen molar-refractivity contribution < 1.29 is 4.98 Å². The summed E-state index contributed by atoms with van der Waals surface area (Å²) in [6, 6.07) is 6.21. The summed E-state index contributed by atoms with van der Waals surface area (Å²) in [5.41, 5.74) is 10.8. The highest BCUT2D eigenvalue weighted by molar-refractivity contribution is 5.78. The number of pyridine rings is 2. The van der Waals surface area contributed by atoms with E-state index in [0.29, 0.717) is 11.4 Å². The lowest BCUT2D eigenvalue weighted by Gasteiger charge is -2.15. The molecule has 0 saturated heterocycles. The van der Waals surface area contributed by atoms with E-state index in [1.54, 1.807) is 0 Å². The molecule has 0 unspecified atom stereocenters. The molecule has 0 bridgehead atoms. The standard InChI is InChI=1S/C16H16N4/c17-10-13-15(11-6-8-19-9-7-11)12-4-2-1-3-5-14(12)20-16(13)18/h6-9H,1-5H2,(H2,18,20)/p+1. The fourth-order valence-electron chi connectivity index (χ4n) is 2.92. The molecule has 0 spiro atoms. The smallest absolute Gasteiger partial charge is 0.167 e. The summed E-state index contributed by atoms with van der Waals surface area (Å²) in [6.45, 7) is 0. The van der Waals surface area contributed by atoms with Crippen molar-refractivity contribution in [3.05, 3.63) is 41.3 Å². The molecular formula is C16H17N4+. The van der Waals surface area contributed by atoms with Gasteiger partial charge < -0.3 is 5.73 Å². The van der Waals surface area contributed by atoms with Gasteiger partial charge in [-0.3, -0.25) is 0 Å². The van der Waals surface area contributed by atoms with Crippen molar-refractivity contribution in [2.45, 2.75) is 32.1 Å². The van der Waals surface area contributed by atoms with Gasteiger partial charge in [0.15, 0.2) is 12.4 Å². The first-order chi connectivity index (χ1) is 9.81. The predicted octanol–water partition coefficient (Wildman–Crippen LogP) is 2.29. The van der Waals surface area contributed by atoms with Crippen molar-refractivity contribution in [1.82, 2.24) is 4.98 Å². The lowest BCUT2D eigenvalue weighted by Crippen LogP contribution is -2.07. The molecule has 0 aliphatic heterocycles. The molecule has 3 rings (SSSR count). The summed E-state index contributed by atoms with van der Waals surface area (Å²) in [5, 5.41) is 9.45. The average molecular weight is 265 g/mol. The summed E-state index contributed by atoms with van der Waals surface area (Å²) in [5.74, 6) is 0.357. The number of aromatic nitrogens is 2. The molecule has 1 aliphatic rings. The second kappa shape index (κ2) is 5.30. The number of nitrogens with one attached hydrogen (secondary N) is 1. The highest BCUT2D eigenvalue weighted by Gasteiger charge is 2.21. The predicted molar refractivity (Wildman–Crippen MR) is 76.6 cm³/mol. The Hall–Kier alpha value is -2.41. The Morgan fingerprint density at radius 3 is 2.65 bits per heavy atom. The minimum absolute atomic E-state index is 0.357.